The first-order chi connectivity index (χ1) is 15.5. The number of aromatic hydroxyl groups is 1. The number of carbonyl (C=O) groups excluding carboxylic acids is 2. The van der Waals surface area contributed by atoms with Gasteiger partial charge in [-0.3, -0.25) is 0 Å². The highest BCUT2D eigenvalue weighted by atomic mass is 16.5. The van der Waals surface area contributed by atoms with Crippen LogP contribution in [0.1, 0.15) is 20.8 Å². The lowest BCUT2D eigenvalue weighted by Gasteiger charge is -2.07. The Morgan fingerprint density at radius 3 is 2.06 bits per heavy atom. The molecule has 0 saturated carbocycles. The summed E-state index contributed by atoms with van der Waals surface area (Å²) in [6.07, 6.45) is 0. The van der Waals surface area contributed by atoms with E-state index in [1.807, 2.05) is 24.3 Å². The summed E-state index contributed by atoms with van der Waals surface area (Å²) in [4.78, 5) is 25.4. The molecule has 0 spiro atoms. The van der Waals surface area contributed by atoms with Crippen molar-refractivity contribution < 1.29 is 24.2 Å². The van der Waals surface area contributed by atoms with Gasteiger partial charge in [0.2, 0.25) is 0 Å². The third kappa shape index (κ3) is 3.83. The van der Waals surface area contributed by atoms with Crippen LogP contribution in [0.4, 0.5) is 0 Å². The van der Waals surface area contributed by atoms with Gasteiger partial charge in [0.25, 0.3) is 0 Å². The SMILES string of the molecule is COC(=O)c1c(-c2ccc(-c3cccc(O)c3)cc2)nn(-c2ccccc2)c1C(=O)OC. The predicted molar refractivity (Wildman–Crippen MR) is 119 cm³/mol. The van der Waals surface area contributed by atoms with E-state index >= 15 is 0 Å². The zero-order chi connectivity index (χ0) is 22.7. The van der Waals surface area contributed by atoms with Crippen molar-refractivity contribution in [3.8, 4) is 33.8 Å². The molecule has 0 fully saturated rings. The van der Waals surface area contributed by atoms with Crippen LogP contribution in [0.3, 0.4) is 0 Å². The standard InChI is InChI=1S/C25H20N2O5/c1-31-24(29)21-22(17-13-11-16(12-14-17)18-7-6-10-20(28)15-18)26-27(23(21)25(30)32-2)19-8-4-3-5-9-19/h3-15,28H,1-2H3. The van der Waals surface area contributed by atoms with E-state index in [1.165, 1.54) is 18.9 Å². The highest BCUT2D eigenvalue weighted by molar-refractivity contribution is 6.06. The van der Waals surface area contributed by atoms with Crippen LogP contribution in [0.15, 0.2) is 78.9 Å². The summed E-state index contributed by atoms with van der Waals surface area (Å²) in [5, 5.41) is 14.3. The van der Waals surface area contributed by atoms with Crippen molar-refractivity contribution >= 4 is 11.9 Å². The van der Waals surface area contributed by atoms with Gasteiger partial charge in [0.05, 0.1) is 19.9 Å². The van der Waals surface area contributed by atoms with E-state index in [-0.39, 0.29) is 17.0 Å². The Morgan fingerprint density at radius 1 is 0.781 bits per heavy atom. The first kappa shape index (κ1) is 20.9. The van der Waals surface area contributed by atoms with E-state index in [4.69, 9.17) is 9.47 Å². The average Bonchev–Trinajstić information content (AvgIpc) is 3.24. The number of para-hydroxylation sites is 1. The van der Waals surface area contributed by atoms with Gasteiger partial charge in [-0.15, -0.1) is 0 Å². The summed E-state index contributed by atoms with van der Waals surface area (Å²) < 4.78 is 11.3. The molecule has 4 rings (SSSR count). The van der Waals surface area contributed by atoms with Gasteiger partial charge >= 0.3 is 11.9 Å². The smallest absolute Gasteiger partial charge is 0.357 e. The third-order valence-electron chi connectivity index (χ3n) is 4.99. The molecule has 7 heteroatoms. The van der Waals surface area contributed by atoms with Crippen molar-refractivity contribution in [1.29, 1.82) is 0 Å². The van der Waals surface area contributed by atoms with Crippen LogP contribution >= 0.6 is 0 Å². The van der Waals surface area contributed by atoms with Crippen LogP contribution in [-0.4, -0.2) is 41.0 Å². The number of phenolic OH excluding ortho intramolecular Hbond substituents is 1. The number of ether oxygens (including phenoxy) is 2. The van der Waals surface area contributed by atoms with E-state index < -0.39 is 11.9 Å². The Hall–Kier alpha value is -4.39. The van der Waals surface area contributed by atoms with Crippen LogP contribution in [0.25, 0.3) is 28.1 Å². The minimum Gasteiger partial charge on any atom is -0.508 e. The zero-order valence-corrected chi connectivity index (χ0v) is 17.5. The third-order valence-corrected chi connectivity index (χ3v) is 4.99. The molecule has 1 heterocycles. The number of aromatic nitrogens is 2. The number of benzene rings is 3. The molecule has 1 aromatic heterocycles. The fourth-order valence-corrected chi connectivity index (χ4v) is 3.46. The van der Waals surface area contributed by atoms with Crippen molar-refractivity contribution in [2.24, 2.45) is 0 Å². The number of carbonyl (C=O) groups is 2. The monoisotopic (exact) mass is 428 g/mol. The first-order valence-electron chi connectivity index (χ1n) is 9.78. The number of phenols is 1. The molecule has 0 aliphatic heterocycles. The van der Waals surface area contributed by atoms with Crippen molar-refractivity contribution in [3.05, 3.63) is 90.1 Å². The van der Waals surface area contributed by atoms with E-state index in [0.717, 1.165) is 11.1 Å². The van der Waals surface area contributed by atoms with Crippen LogP contribution in [0, 0.1) is 0 Å². The van der Waals surface area contributed by atoms with Crippen molar-refractivity contribution in [2.75, 3.05) is 14.2 Å². The summed E-state index contributed by atoms with van der Waals surface area (Å²) in [5.41, 5.74) is 3.24. The maximum atomic E-state index is 12.7. The highest BCUT2D eigenvalue weighted by Crippen LogP contribution is 2.31. The van der Waals surface area contributed by atoms with Crippen molar-refractivity contribution in [3.63, 3.8) is 0 Å². The minimum absolute atomic E-state index is 0.0161. The Morgan fingerprint density at radius 2 is 1.44 bits per heavy atom. The summed E-state index contributed by atoms with van der Waals surface area (Å²) >= 11 is 0. The van der Waals surface area contributed by atoms with Crippen molar-refractivity contribution in [2.45, 2.75) is 0 Å². The highest BCUT2D eigenvalue weighted by Gasteiger charge is 2.31. The fraction of sp³-hybridized carbons (Fsp3) is 0.0800. The molecule has 3 aromatic carbocycles. The van der Waals surface area contributed by atoms with E-state index in [9.17, 15) is 14.7 Å². The molecule has 0 unspecified atom stereocenters. The number of hydrogen-bond donors (Lipinski definition) is 1. The van der Waals surface area contributed by atoms with E-state index in [1.54, 1.807) is 54.6 Å². The van der Waals surface area contributed by atoms with Crippen molar-refractivity contribution in [1.82, 2.24) is 9.78 Å². The Kier molecular flexibility index (Phi) is 5.72. The molecular formula is C25H20N2O5. The van der Waals surface area contributed by atoms with Gasteiger partial charge in [0.1, 0.15) is 17.0 Å². The molecule has 0 amide bonds. The van der Waals surface area contributed by atoms with Crippen LogP contribution in [0.5, 0.6) is 5.75 Å². The normalized spacial score (nSPS) is 10.6. The lowest BCUT2D eigenvalue weighted by molar-refractivity contribution is 0.0549. The first-order valence-corrected chi connectivity index (χ1v) is 9.78. The van der Waals surface area contributed by atoms with Crippen LogP contribution in [-0.2, 0) is 9.47 Å². The molecule has 0 bridgehead atoms. The molecule has 0 aliphatic carbocycles. The maximum absolute atomic E-state index is 12.7. The molecule has 0 saturated heterocycles. The lowest BCUT2D eigenvalue weighted by atomic mass is 10.0. The Labute approximate surface area is 184 Å². The van der Waals surface area contributed by atoms with Gasteiger partial charge in [0.15, 0.2) is 5.69 Å². The average molecular weight is 428 g/mol. The summed E-state index contributed by atoms with van der Waals surface area (Å²) in [6, 6.07) is 23.2. The van der Waals surface area contributed by atoms with E-state index in [2.05, 4.69) is 5.10 Å². The molecule has 32 heavy (non-hydrogen) atoms. The quantitative estimate of drug-likeness (QED) is 0.471. The number of methoxy groups -OCH3 is 2. The van der Waals surface area contributed by atoms with Gasteiger partial charge in [-0.05, 0) is 35.4 Å². The number of rotatable bonds is 5. The zero-order valence-electron chi connectivity index (χ0n) is 17.5. The molecule has 7 nitrogen and oxygen atoms in total. The largest absolute Gasteiger partial charge is 0.508 e. The number of esters is 2. The molecule has 0 aliphatic rings. The summed E-state index contributed by atoms with van der Waals surface area (Å²) in [6.45, 7) is 0. The maximum Gasteiger partial charge on any atom is 0.357 e. The second kappa shape index (κ2) is 8.77. The van der Waals surface area contributed by atoms with Crippen LogP contribution in [0.2, 0.25) is 0 Å². The van der Waals surface area contributed by atoms with Gasteiger partial charge < -0.3 is 14.6 Å². The minimum atomic E-state index is -0.704. The van der Waals surface area contributed by atoms with E-state index in [0.29, 0.717) is 16.9 Å². The molecule has 4 aromatic rings. The fourth-order valence-electron chi connectivity index (χ4n) is 3.46. The molecule has 1 N–H and O–H groups in total. The number of nitrogens with zero attached hydrogens (tertiary/aromatic N) is 2. The molecule has 0 radical (unpaired) electrons. The van der Waals surface area contributed by atoms with Gasteiger partial charge in [-0.25, -0.2) is 14.3 Å². The Bertz CT molecular complexity index is 1280. The lowest BCUT2D eigenvalue weighted by Crippen LogP contribution is -2.15. The molecule has 160 valence electrons. The van der Waals surface area contributed by atoms with Crippen LogP contribution < -0.4 is 0 Å². The topological polar surface area (TPSA) is 90.6 Å². The summed E-state index contributed by atoms with van der Waals surface area (Å²) in [5.74, 6) is -1.23. The Balaban J connectivity index is 1.89. The van der Waals surface area contributed by atoms with Gasteiger partial charge in [-0.1, -0.05) is 54.6 Å². The molecule has 0 atom stereocenters. The number of hydrogen-bond acceptors (Lipinski definition) is 6. The second-order valence-electron chi connectivity index (χ2n) is 6.93. The predicted octanol–water partition coefficient (Wildman–Crippen LogP) is 4.49. The molecular weight excluding hydrogens is 408 g/mol. The second-order valence-corrected chi connectivity index (χ2v) is 6.93. The van der Waals surface area contributed by atoms with Gasteiger partial charge in [0, 0.05) is 5.56 Å². The van der Waals surface area contributed by atoms with Gasteiger partial charge in [-0.2, -0.15) is 5.10 Å². The summed E-state index contributed by atoms with van der Waals surface area (Å²) in [7, 11) is 2.49.